The van der Waals surface area contributed by atoms with E-state index >= 15 is 0 Å². The Labute approximate surface area is 130 Å². The molecule has 4 heteroatoms. The SMILES string of the molecule is CCCC(c1cccc(Br)c1)N(C)C(=O)OC(C)(C)C. The fraction of sp³-hybridized carbons (Fsp3) is 0.562. The third-order valence-corrected chi connectivity index (χ3v) is 3.44. The Kier molecular flexibility index (Phi) is 6.06. The van der Waals surface area contributed by atoms with Crippen LogP contribution in [0.2, 0.25) is 0 Å². The van der Waals surface area contributed by atoms with Crippen molar-refractivity contribution in [3.8, 4) is 0 Å². The molecule has 1 amide bonds. The van der Waals surface area contributed by atoms with Crippen LogP contribution in [0.5, 0.6) is 0 Å². The van der Waals surface area contributed by atoms with Crippen molar-refractivity contribution >= 4 is 22.0 Å². The van der Waals surface area contributed by atoms with Gasteiger partial charge in [-0.05, 0) is 44.9 Å². The molecule has 1 aromatic carbocycles. The highest BCUT2D eigenvalue weighted by molar-refractivity contribution is 9.10. The van der Waals surface area contributed by atoms with Crippen LogP contribution in [0.4, 0.5) is 4.79 Å². The maximum atomic E-state index is 12.2. The molecule has 1 aromatic rings. The summed E-state index contributed by atoms with van der Waals surface area (Å²) < 4.78 is 6.48. The summed E-state index contributed by atoms with van der Waals surface area (Å²) in [6.07, 6.45) is 1.63. The number of halogens is 1. The van der Waals surface area contributed by atoms with Gasteiger partial charge in [0.1, 0.15) is 5.60 Å². The molecule has 1 unspecified atom stereocenters. The van der Waals surface area contributed by atoms with Gasteiger partial charge in [-0.15, -0.1) is 0 Å². The van der Waals surface area contributed by atoms with Crippen molar-refractivity contribution in [1.29, 1.82) is 0 Å². The van der Waals surface area contributed by atoms with E-state index in [1.807, 2.05) is 39.0 Å². The Morgan fingerprint density at radius 1 is 1.40 bits per heavy atom. The maximum Gasteiger partial charge on any atom is 0.410 e. The zero-order valence-electron chi connectivity index (χ0n) is 12.9. The van der Waals surface area contributed by atoms with Crippen LogP contribution in [0.15, 0.2) is 28.7 Å². The van der Waals surface area contributed by atoms with Gasteiger partial charge < -0.3 is 9.64 Å². The van der Waals surface area contributed by atoms with Crippen molar-refractivity contribution in [3.63, 3.8) is 0 Å². The van der Waals surface area contributed by atoms with E-state index in [0.717, 1.165) is 22.9 Å². The van der Waals surface area contributed by atoms with E-state index in [1.54, 1.807) is 11.9 Å². The molecule has 0 fully saturated rings. The van der Waals surface area contributed by atoms with Gasteiger partial charge in [-0.3, -0.25) is 0 Å². The maximum absolute atomic E-state index is 12.2. The standard InChI is InChI=1S/C16H24BrNO2/c1-6-8-14(12-9-7-10-13(17)11-12)18(5)15(19)20-16(2,3)4/h7,9-11,14H,6,8H2,1-5H3. The molecule has 0 aromatic heterocycles. The van der Waals surface area contributed by atoms with E-state index in [2.05, 4.69) is 28.9 Å². The van der Waals surface area contributed by atoms with Crippen molar-refractivity contribution in [1.82, 2.24) is 4.90 Å². The molecule has 0 radical (unpaired) electrons. The molecule has 3 nitrogen and oxygen atoms in total. The van der Waals surface area contributed by atoms with Crippen LogP contribution in [0.3, 0.4) is 0 Å². The van der Waals surface area contributed by atoms with Gasteiger partial charge in [0.15, 0.2) is 0 Å². The largest absolute Gasteiger partial charge is 0.444 e. The lowest BCUT2D eigenvalue weighted by Gasteiger charge is -2.31. The van der Waals surface area contributed by atoms with Crippen LogP contribution in [0.25, 0.3) is 0 Å². The van der Waals surface area contributed by atoms with E-state index < -0.39 is 5.60 Å². The van der Waals surface area contributed by atoms with Crippen molar-refractivity contribution < 1.29 is 9.53 Å². The van der Waals surface area contributed by atoms with Crippen molar-refractivity contribution in [2.45, 2.75) is 52.2 Å². The molecule has 0 aliphatic rings. The first-order valence-corrected chi connectivity index (χ1v) is 7.75. The van der Waals surface area contributed by atoms with Crippen LogP contribution < -0.4 is 0 Å². The van der Waals surface area contributed by atoms with Crippen LogP contribution in [-0.4, -0.2) is 23.6 Å². The summed E-state index contributed by atoms with van der Waals surface area (Å²) in [7, 11) is 1.80. The molecular weight excluding hydrogens is 318 g/mol. The number of rotatable bonds is 4. The van der Waals surface area contributed by atoms with Gasteiger partial charge in [-0.25, -0.2) is 4.79 Å². The Hall–Kier alpha value is -1.03. The van der Waals surface area contributed by atoms with Gasteiger partial charge in [-0.1, -0.05) is 41.4 Å². The number of amides is 1. The highest BCUT2D eigenvalue weighted by Gasteiger charge is 2.25. The zero-order valence-corrected chi connectivity index (χ0v) is 14.5. The second kappa shape index (κ2) is 7.11. The quantitative estimate of drug-likeness (QED) is 0.757. The van der Waals surface area contributed by atoms with Gasteiger partial charge >= 0.3 is 6.09 Å². The number of nitrogens with zero attached hydrogens (tertiary/aromatic N) is 1. The Balaban J connectivity index is 2.93. The molecule has 0 saturated heterocycles. The number of carbonyl (C=O) groups excluding carboxylic acids is 1. The van der Waals surface area contributed by atoms with Gasteiger partial charge in [0.2, 0.25) is 0 Å². The summed E-state index contributed by atoms with van der Waals surface area (Å²) in [5, 5.41) is 0. The molecule has 0 heterocycles. The number of benzene rings is 1. The van der Waals surface area contributed by atoms with E-state index in [0.29, 0.717) is 0 Å². The van der Waals surface area contributed by atoms with Crippen LogP contribution in [0.1, 0.15) is 52.1 Å². The minimum absolute atomic E-state index is 0.0346. The molecule has 0 spiro atoms. The van der Waals surface area contributed by atoms with Gasteiger partial charge in [0.05, 0.1) is 6.04 Å². The second-order valence-electron chi connectivity index (χ2n) is 5.95. The summed E-state index contributed by atoms with van der Waals surface area (Å²) in [4.78, 5) is 13.9. The van der Waals surface area contributed by atoms with E-state index in [4.69, 9.17) is 4.74 Å². The number of hydrogen-bond acceptors (Lipinski definition) is 2. The molecule has 0 aliphatic carbocycles. The lowest BCUT2D eigenvalue weighted by atomic mass is 10.0. The van der Waals surface area contributed by atoms with E-state index in [1.165, 1.54) is 0 Å². The van der Waals surface area contributed by atoms with Gasteiger partial charge in [0.25, 0.3) is 0 Å². The molecule has 0 saturated carbocycles. The first-order valence-electron chi connectivity index (χ1n) is 6.96. The third-order valence-electron chi connectivity index (χ3n) is 2.94. The fourth-order valence-electron chi connectivity index (χ4n) is 2.03. The summed E-state index contributed by atoms with van der Waals surface area (Å²) >= 11 is 3.48. The van der Waals surface area contributed by atoms with Crippen molar-refractivity contribution in [2.75, 3.05) is 7.05 Å². The lowest BCUT2D eigenvalue weighted by molar-refractivity contribution is 0.0211. The van der Waals surface area contributed by atoms with Gasteiger partial charge in [-0.2, -0.15) is 0 Å². The molecule has 0 N–H and O–H groups in total. The van der Waals surface area contributed by atoms with Crippen LogP contribution in [0, 0.1) is 0 Å². The smallest absolute Gasteiger partial charge is 0.410 e. The summed E-state index contributed by atoms with van der Waals surface area (Å²) in [6, 6.07) is 8.12. The topological polar surface area (TPSA) is 29.5 Å². The number of ether oxygens (including phenoxy) is 1. The molecule has 20 heavy (non-hydrogen) atoms. The van der Waals surface area contributed by atoms with Gasteiger partial charge in [0, 0.05) is 11.5 Å². The number of carbonyl (C=O) groups is 1. The minimum atomic E-state index is -0.473. The average molecular weight is 342 g/mol. The van der Waals surface area contributed by atoms with Crippen molar-refractivity contribution in [2.24, 2.45) is 0 Å². The molecule has 112 valence electrons. The molecule has 0 aliphatic heterocycles. The van der Waals surface area contributed by atoms with E-state index in [9.17, 15) is 4.79 Å². The Morgan fingerprint density at radius 2 is 2.05 bits per heavy atom. The highest BCUT2D eigenvalue weighted by Crippen LogP contribution is 2.28. The second-order valence-corrected chi connectivity index (χ2v) is 6.87. The molecule has 0 bridgehead atoms. The summed E-state index contributed by atoms with van der Waals surface area (Å²) in [6.45, 7) is 7.76. The first kappa shape index (κ1) is 17.0. The Bertz CT molecular complexity index is 454. The Morgan fingerprint density at radius 3 is 2.55 bits per heavy atom. The molecular formula is C16H24BrNO2. The van der Waals surface area contributed by atoms with E-state index in [-0.39, 0.29) is 12.1 Å². The third kappa shape index (κ3) is 5.16. The predicted molar refractivity (Wildman–Crippen MR) is 85.8 cm³/mol. The monoisotopic (exact) mass is 341 g/mol. The zero-order chi connectivity index (χ0) is 15.3. The summed E-state index contributed by atoms with van der Waals surface area (Å²) in [5.41, 5.74) is 0.647. The molecule has 1 rings (SSSR count). The van der Waals surface area contributed by atoms with Crippen LogP contribution in [-0.2, 0) is 4.74 Å². The minimum Gasteiger partial charge on any atom is -0.444 e. The lowest BCUT2D eigenvalue weighted by Crippen LogP contribution is -2.36. The average Bonchev–Trinajstić information content (AvgIpc) is 2.33. The van der Waals surface area contributed by atoms with Crippen LogP contribution >= 0.6 is 15.9 Å². The molecule has 1 atom stereocenters. The fourth-order valence-corrected chi connectivity index (χ4v) is 2.45. The highest BCUT2D eigenvalue weighted by atomic mass is 79.9. The normalized spacial score (nSPS) is 12.9. The van der Waals surface area contributed by atoms with Crippen molar-refractivity contribution in [3.05, 3.63) is 34.3 Å². The first-order chi connectivity index (χ1) is 9.24. The predicted octanol–water partition coefficient (Wildman–Crippen LogP) is 5.16. The summed E-state index contributed by atoms with van der Waals surface area (Å²) in [5.74, 6) is 0. The number of hydrogen-bond donors (Lipinski definition) is 0.